The van der Waals surface area contributed by atoms with Crippen molar-refractivity contribution >= 4 is 23.8 Å². The minimum absolute atomic E-state index is 0.0185. The Balaban J connectivity index is 1.94. The molecule has 0 amide bonds. The Kier molecular flexibility index (Phi) is 4.51. The van der Waals surface area contributed by atoms with Crippen LogP contribution in [-0.2, 0) is 4.79 Å². The molecule has 0 saturated heterocycles. The Bertz CT molecular complexity index is 859. The van der Waals surface area contributed by atoms with Gasteiger partial charge in [-0.25, -0.2) is 4.79 Å². The predicted molar refractivity (Wildman–Crippen MR) is 87.8 cm³/mol. The number of benzene rings is 2. The number of carboxylic acids is 1. The van der Waals surface area contributed by atoms with Crippen LogP contribution in [0.5, 0.6) is 5.75 Å². The zero-order valence-electron chi connectivity index (χ0n) is 13.0. The second-order valence-corrected chi connectivity index (χ2v) is 6.71. The van der Waals surface area contributed by atoms with E-state index in [-0.39, 0.29) is 5.75 Å². The maximum Gasteiger partial charge on any atom is 0.430 e. The molecule has 1 atom stereocenters. The second-order valence-electron chi connectivity index (χ2n) is 5.56. The Morgan fingerprint density at radius 3 is 2.52 bits per heavy atom. The summed E-state index contributed by atoms with van der Waals surface area (Å²) in [5.41, 5.74) is 0.566. The van der Waals surface area contributed by atoms with Crippen LogP contribution >= 0.6 is 11.8 Å². The second kappa shape index (κ2) is 6.48. The van der Waals surface area contributed by atoms with Crippen molar-refractivity contribution in [1.82, 2.24) is 0 Å². The van der Waals surface area contributed by atoms with Crippen molar-refractivity contribution in [3.8, 4) is 5.75 Å². The van der Waals surface area contributed by atoms with Crippen LogP contribution in [0, 0.1) is 6.92 Å². The first-order valence-corrected chi connectivity index (χ1v) is 8.12. The minimum atomic E-state index is -4.80. The number of aliphatic carboxylic acids is 1. The molecular formula is C18H13F3O3S. The number of hydrogen-bond donors (Lipinski definition) is 1. The molecule has 3 nitrogen and oxygen atoms in total. The summed E-state index contributed by atoms with van der Waals surface area (Å²) in [7, 11) is 0. The highest BCUT2D eigenvalue weighted by atomic mass is 32.2. The van der Waals surface area contributed by atoms with E-state index >= 15 is 0 Å². The SMILES string of the molecule is Cc1cccc(Sc2ccc3c(c2)OC(C(F)(F)F)C(C(=O)O)=C3)c1. The van der Waals surface area contributed by atoms with Crippen molar-refractivity contribution in [2.75, 3.05) is 0 Å². The normalized spacial score (nSPS) is 16.6. The fraction of sp³-hybridized carbons (Fsp3) is 0.167. The zero-order valence-corrected chi connectivity index (χ0v) is 13.8. The van der Waals surface area contributed by atoms with Gasteiger partial charge < -0.3 is 9.84 Å². The Morgan fingerprint density at radius 1 is 1.16 bits per heavy atom. The molecule has 25 heavy (non-hydrogen) atoms. The molecule has 130 valence electrons. The molecule has 7 heteroatoms. The molecule has 2 aromatic rings. The van der Waals surface area contributed by atoms with Crippen molar-refractivity contribution in [2.45, 2.75) is 29.0 Å². The van der Waals surface area contributed by atoms with E-state index < -0.39 is 23.8 Å². The number of alkyl halides is 3. The molecule has 2 aromatic carbocycles. The molecule has 0 radical (unpaired) electrons. The molecule has 0 bridgehead atoms. The van der Waals surface area contributed by atoms with Crippen LogP contribution in [0.15, 0.2) is 57.8 Å². The van der Waals surface area contributed by atoms with Gasteiger partial charge in [0.1, 0.15) is 5.75 Å². The van der Waals surface area contributed by atoms with Crippen LogP contribution < -0.4 is 4.74 Å². The third-order valence-electron chi connectivity index (χ3n) is 3.59. The highest BCUT2D eigenvalue weighted by Gasteiger charge is 2.48. The van der Waals surface area contributed by atoms with Gasteiger partial charge in [-0.05, 0) is 37.3 Å². The summed E-state index contributed by atoms with van der Waals surface area (Å²) in [5, 5.41) is 9.02. The molecule has 0 fully saturated rings. The summed E-state index contributed by atoms with van der Waals surface area (Å²) in [6.45, 7) is 1.95. The van der Waals surface area contributed by atoms with E-state index in [1.165, 1.54) is 17.8 Å². The third kappa shape index (κ3) is 3.82. The largest absolute Gasteiger partial charge is 0.478 e. The fourth-order valence-corrected chi connectivity index (χ4v) is 3.43. The van der Waals surface area contributed by atoms with Crippen molar-refractivity contribution in [3.05, 3.63) is 59.2 Å². The number of halogens is 3. The zero-order chi connectivity index (χ0) is 18.2. The van der Waals surface area contributed by atoms with Crippen LogP contribution in [0.4, 0.5) is 13.2 Å². The molecule has 3 rings (SSSR count). The smallest absolute Gasteiger partial charge is 0.430 e. The van der Waals surface area contributed by atoms with Gasteiger partial charge in [-0.15, -0.1) is 0 Å². The fourth-order valence-electron chi connectivity index (χ4n) is 2.47. The minimum Gasteiger partial charge on any atom is -0.478 e. The number of carbonyl (C=O) groups is 1. The lowest BCUT2D eigenvalue weighted by molar-refractivity contribution is -0.187. The maximum absolute atomic E-state index is 13.1. The van der Waals surface area contributed by atoms with Gasteiger partial charge in [0, 0.05) is 15.4 Å². The van der Waals surface area contributed by atoms with E-state index in [0.717, 1.165) is 16.5 Å². The Hall–Kier alpha value is -2.41. The number of aryl methyl sites for hydroxylation is 1. The highest BCUT2D eigenvalue weighted by Crippen LogP contribution is 2.40. The molecule has 1 aliphatic heterocycles. The summed E-state index contributed by atoms with van der Waals surface area (Å²) in [6, 6.07) is 12.5. The van der Waals surface area contributed by atoms with E-state index in [0.29, 0.717) is 10.5 Å². The number of carboxylic acid groups (broad SMARTS) is 1. The van der Waals surface area contributed by atoms with Crippen LogP contribution in [-0.4, -0.2) is 23.4 Å². The molecule has 0 spiro atoms. The number of ether oxygens (including phenoxy) is 1. The van der Waals surface area contributed by atoms with E-state index in [4.69, 9.17) is 9.84 Å². The molecular weight excluding hydrogens is 353 g/mol. The molecule has 0 aromatic heterocycles. The van der Waals surface area contributed by atoms with Gasteiger partial charge in [-0.3, -0.25) is 0 Å². The lowest BCUT2D eigenvalue weighted by atomic mass is 10.0. The quantitative estimate of drug-likeness (QED) is 0.836. The molecule has 1 heterocycles. The average Bonchev–Trinajstić information content (AvgIpc) is 2.52. The number of hydrogen-bond acceptors (Lipinski definition) is 3. The Morgan fingerprint density at radius 2 is 1.88 bits per heavy atom. The third-order valence-corrected chi connectivity index (χ3v) is 4.57. The van der Waals surface area contributed by atoms with Gasteiger partial charge >= 0.3 is 12.1 Å². The Labute approximate surface area is 146 Å². The lowest BCUT2D eigenvalue weighted by Gasteiger charge is -2.27. The van der Waals surface area contributed by atoms with Crippen molar-refractivity contribution in [1.29, 1.82) is 0 Å². The van der Waals surface area contributed by atoms with Gasteiger partial charge in [0.05, 0.1) is 5.57 Å². The van der Waals surface area contributed by atoms with Crippen molar-refractivity contribution in [3.63, 3.8) is 0 Å². The first kappa shape index (κ1) is 17.4. The van der Waals surface area contributed by atoms with Gasteiger partial charge in [0.25, 0.3) is 0 Å². The van der Waals surface area contributed by atoms with Gasteiger partial charge in [0.15, 0.2) is 0 Å². The van der Waals surface area contributed by atoms with Crippen molar-refractivity contribution in [2.24, 2.45) is 0 Å². The first-order chi connectivity index (χ1) is 11.7. The van der Waals surface area contributed by atoms with Crippen LogP contribution in [0.1, 0.15) is 11.1 Å². The van der Waals surface area contributed by atoms with Crippen LogP contribution in [0.25, 0.3) is 6.08 Å². The molecule has 1 aliphatic rings. The molecule has 0 saturated carbocycles. The van der Waals surface area contributed by atoms with Crippen molar-refractivity contribution < 1.29 is 27.8 Å². The van der Waals surface area contributed by atoms with E-state index in [2.05, 4.69) is 0 Å². The summed E-state index contributed by atoms with van der Waals surface area (Å²) >= 11 is 1.39. The van der Waals surface area contributed by atoms with Gasteiger partial charge in [-0.2, -0.15) is 13.2 Å². The van der Waals surface area contributed by atoms with Gasteiger partial charge in [-0.1, -0.05) is 35.5 Å². The van der Waals surface area contributed by atoms with E-state index in [1.807, 2.05) is 31.2 Å². The summed E-state index contributed by atoms with van der Waals surface area (Å²) in [6.07, 6.45) is -6.26. The van der Waals surface area contributed by atoms with E-state index in [9.17, 15) is 18.0 Å². The summed E-state index contributed by atoms with van der Waals surface area (Å²) in [5.74, 6) is -1.63. The number of rotatable bonds is 3. The molecule has 1 unspecified atom stereocenters. The molecule has 1 N–H and O–H groups in total. The van der Waals surface area contributed by atoms with Crippen LogP contribution in [0.3, 0.4) is 0 Å². The monoisotopic (exact) mass is 366 g/mol. The lowest BCUT2D eigenvalue weighted by Crippen LogP contribution is -2.40. The summed E-state index contributed by atoms with van der Waals surface area (Å²) in [4.78, 5) is 12.8. The standard InChI is InChI=1S/C18H13F3O3S/c1-10-3-2-4-12(7-10)25-13-6-5-11-8-14(17(22)23)16(18(19,20)21)24-15(11)9-13/h2-9,16H,1H3,(H,22,23). The predicted octanol–water partition coefficient (Wildman–Crippen LogP) is 4.94. The summed E-state index contributed by atoms with van der Waals surface area (Å²) < 4.78 is 44.3. The topological polar surface area (TPSA) is 46.5 Å². The highest BCUT2D eigenvalue weighted by molar-refractivity contribution is 7.99. The van der Waals surface area contributed by atoms with Crippen LogP contribution in [0.2, 0.25) is 0 Å². The van der Waals surface area contributed by atoms with Gasteiger partial charge in [0.2, 0.25) is 6.10 Å². The van der Waals surface area contributed by atoms with E-state index in [1.54, 1.807) is 12.1 Å². The first-order valence-electron chi connectivity index (χ1n) is 7.31. The number of fused-ring (bicyclic) bond motifs is 1. The average molecular weight is 366 g/mol. The molecule has 0 aliphatic carbocycles. The maximum atomic E-state index is 13.1.